The second-order valence-corrected chi connectivity index (χ2v) is 14.7. The Morgan fingerprint density at radius 2 is 1.43 bits per heavy atom. The highest BCUT2D eigenvalue weighted by atomic mass is 14.7. The summed E-state index contributed by atoms with van der Waals surface area (Å²) in [6.07, 6.45) is 16.2. The average Bonchev–Trinajstić information content (AvgIpc) is 2.99. The Labute approximate surface area is 188 Å². The SMILES string of the molecule is C=C(C)[C@@H]1CC[C@]2(C)CC[C@]3(C)[C@H](CC[C@@H]4[C@@]5(C)CCCC(C)(C)[C@@H]5CC[C@@]43C)[C@@H]12. The van der Waals surface area contributed by atoms with Crippen molar-refractivity contribution in [2.75, 3.05) is 0 Å². The zero-order valence-corrected chi connectivity index (χ0v) is 21.4. The van der Waals surface area contributed by atoms with E-state index >= 15 is 0 Å². The van der Waals surface area contributed by atoms with Crippen LogP contribution in [0.25, 0.3) is 0 Å². The van der Waals surface area contributed by atoms with Gasteiger partial charge in [-0.1, -0.05) is 60.1 Å². The van der Waals surface area contributed by atoms with Gasteiger partial charge in [0, 0.05) is 0 Å². The highest BCUT2D eigenvalue weighted by Gasteiger charge is 2.69. The minimum atomic E-state index is 0.535. The van der Waals surface area contributed by atoms with Crippen LogP contribution in [0.4, 0.5) is 0 Å². The Morgan fingerprint density at radius 1 is 0.700 bits per heavy atom. The predicted octanol–water partition coefficient (Wildman–Crippen LogP) is 9.05. The van der Waals surface area contributed by atoms with Gasteiger partial charge in [0.15, 0.2) is 0 Å². The fourth-order valence-electron chi connectivity index (χ4n) is 11.6. The third-order valence-electron chi connectivity index (χ3n) is 13.2. The molecule has 0 radical (unpaired) electrons. The minimum absolute atomic E-state index is 0.535. The quantitative estimate of drug-likeness (QED) is 0.378. The number of hydrogen-bond donors (Lipinski definition) is 0. The maximum absolute atomic E-state index is 4.50. The van der Waals surface area contributed by atoms with Gasteiger partial charge in [-0.25, -0.2) is 0 Å². The molecule has 0 aliphatic heterocycles. The summed E-state index contributed by atoms with van der Waals surface area (Å²) in [5.41, 5.74) is 4.28. The van der Waals surface area contributed by atoms with Gasteiger partial charge in [-0.15, -0.1) is 0 Å². The van der Waals surface area contributed by atoms with Crippen LogP contribution in [0.5, 0.6) is 0 Å². The molecule has 0 bridgehead atoms. The summed E-state index contributed by atoms with van der Waals surface area (Å²) in [6, 6.07) is 0. The van der Waals surface area contributed by atoms with Crippen LogP contribution in [-0.2, 0) is 0 Å². The van der Waals surface area contributed by atoms with E-state index in [4.69, 9.17) is 0 Å². The van der Waals surface area contributed by atoms with Crippen molar-refractivity contribution in [3.05, 3.63) is 12.2 Å². The third kappa shape index (κ3) is 2.52. The highest BCUT2D eigenvalue weighted by Crippen LogP contribution is 2.77. The number of fused-ring (bicyclic) bond motifs is 7. The first-order valence-corrected chi connectivity index (χ1v) is 13.5. The molecule has 0 aromatic rings. The van der Waals surface area contributed by atoms with Gasteiger partial charge < -0.3 is 0 Å². The van der Waals surface area contributed by atoms with E-state index in [1.807, 2.05) is 0 Å². The predicted molar refractivity (Wildman–Crippen MR) is 129 cm³/mol. The Hall–Kier alpha value is -0.260. The summed E-state index contributed by atoms with van der Waals surface area (Å²) in [6.45, 7) is 23.0. The van der Waals surface area contributed by atoms with Gasteiger partial charge in [0.1, 0.15) is 0 Å². The van der Waals surface area contributed by atoms with Gasteiger partial charge in [-0.05, 0) is 128 Å². The largest absolute Gasteiger partial charge is 0.0998 e. The van der Waals surface area contributed by atoms with Crippen LogP contribution in [0.1, 0.15) is 119 Å². The molecule has 5 fully saturated rings. The molecule has 0 spiro atoms. The molecule has 0 heterocycles. The van der Waals surface area contributed by atoms with E-state index < -0.39 is 0 Å². The lowest BCUT2D eigenvalue weighted by atomic mass is 9.32. The second kappa shape index (κ2) is 6.41. The summed E-state index contributed by atoms with van der Waals surface area (Å²) in [4.78, 5) is 0. The van der Waals surface area contributed by atoms with Gasteiger partial charge in [0.2, 0.25) is 0 Å². The van der Waals surface area contributed by atoms with Gasteiger partial charge in [0.05, 0.1) is 0 Å². The molecule has 5 aliphatic rings. The standard InChI is InChI=1S/C30H50/c1-20(2)21-12-16-27(5)18-19-29(7)22(25(21)27)10-11-24-28(6)15-9-14-26(3,4)23(28)13-17-30(24,29)8/h21-25H,1,9-19H2,2-8H3/t21-,22+,23-,24+,25+,27+,28-,29+,30-/m0/s1. The van der Waals surface area contributed by atoms with Gasteiger partial charge in [-0.3, -0.25) is 0 Å². The molecule has 5 rings (SSSR count). The van der Waals surface area contributed by atoms with Crippen molar-refractivity contribution in [2.45, 2.75) is 119 Å². The van der Waals surface area contributed by atoms with Crippen molar-refractivity contribution in [1.29, 1.82) is 0 Å². The van der Waals surface area contributed by atoms with E-state index in [2.05, 4.69) is 55.0 Å². The van der Waals surface area contributed by atoms with Crippen molar-refractivity contribution in [3.63, 3.8) is 0 Å². The summed E-state index contributed by atoms with van der Waals surface area (Å²) >= 11 is 0. The molecule has 0 nitrogen and oxygen atoms in total. The lowest BCUT2D eigenvalue weighted by Crippen LogP contribution is -2.65. The molecule has 5 saturated carbocycles. The maximum atomic E-state index is 4.50. The van der Waals surface area contributed by atoms with E-state index in [-0.39, 0.29) is 0 Å². The van der Waals surface area contributed by atoms with Crippen molar-refractivity contribution >= 4 is 0 Å². The van der Waals surface area contributed by atoms with E-state index in [0.717, 1.165) is 29.6 Å². The molecule has 0 aromatic heterocycles. The molecule has 0 amide bonds. The summed E-state index contributed by atoms with van der Waals surface area (Å²) < 4.78 is 0. The molecule has 0 aromatic carbocycles. The van der Waals surface area contributed by atoms with Crippen LogP contribution in [0.15, 0.2) is 12.2 Å². The average molecular weight is 411 g/mol. The van der Waals surface area contributed by atoms with E-state index in [1.165, 1.54) is 76.2 Å². The third-order valence-corrected chi connectivity index (χ3v) is 13.2. The summed E-state index contributed by atoms with van der Waals surface area (Å²) in [5.74, 6) is 4.51. The lowest BCUT2D eigenvalue weighted by Gasteiger charge is -2.72. The normalized spacial score (nSPS) is 57.0. The van der Waals surface area contributed by atoms with Gasteiger partial charge >= 0.3 is 0 Å². The Kier molecular flexibility index (Phi) is 4.61. The summed E-state index contributed by atoms with van der Waals surface area (Å²) in [5, 5.41) is 0. The Morgan fingerprint density at radius 3 is 2.13 bits per heavy atom. The summed E-state index contributed by atoms with van der Waals surface area (Å²) in [7, 11) is 0. The zero-order chi connectivity index (χ0) is 21.7. The second-order valence-electron chi connectivity index (χ2n) is 14.7. The van der Waals surface area contributed by atoms with Crippen molar-refractivity contribution in [2.24, 2.45) is 56.7 Å². The van der Waals surface area contributed by atoms with Gasteiger partial charge in [-0.2, -0.15) is 0 Å². The molecular weight excluding hydrogens is 360 g/mol. The molecule has 30 heavy (non-hydrogen) atoms. The van der Waals surface area contributed by atoms with Crippen LogP contribution in [-0.4, -0.2) is 0 Å². The Bertz CT molecular complexity index is 730. The topological polar surface area (TPSA) is 0 Å². The first-order chi connectivity index (χ1) is 13.9. The molecule has 170 valence electrons. The monoisotopic (exact) mass is 410 g/mol. The first kappa shape index (κ1) is 21.6. The van der Waals surface area contributed by atoms with Crippen molar-refractivity contribution < 1.29 is 0 Å². The van der Waals surface area contributed by atoms with E-state index in [9.17, 15) is 0 Å². The fourth-order valence-corrected chi connectivity index (χ4v) is 11.6. The fraction of sp³-hybridized carbons (Fsp3) is 0.933. The Balaban J connectivity index is 1.55. The zero-order valence-electron chi connectivity index (χ0n) is 21.4. The van der Waals surface area contributed by atoms with Gasteiger partial charge in [0.25, 0.3) is 0 Å². The lowest BCUT2D eigenvalue weighted by molar-refractivity contribution is -0.235. The maximum Gasteiger partial charge on any atom is -0.0172 e. The molecule has 5 aliphatic carbocycles. The molecule has 0 N–H and O–H groups in total. The first-order valence-electron chi connectivity index (χ1n) is 13.5. The van der Waals surface area contributed by atoms with E-state index in [0.29, 0.717) is 27.1 Å². The van der Waals surface area contributed by atoms with Crippen molar-refractivity contribution in [1.82, 2.24) is 0 Å². The molecule has 0 unspecified atom stereocenters. The molecule has 0 saturated heterocycles. The van der Waals surface area contributed by atoms with Crippen LogP contribution >= 0.6 is 0 Å². The molecule has 0 heteroatoms. The van der Waals surface area contributed by atoms with Crippen LogP contribution < -0.4 is 0 Å². The van der Waals surface area contributed by atoms with Crippen LogP contribution in [0, 0.1) is 56.7 Å². The van der Waals surface area contributed by atoms with Crippen molar-refractivity contribution in [3.8, 4) is 0 Å². The number of hydrogen-bond acceptors (Lipinski definition) is 0. The highest BCUT2D eigenvalue weighted by molar-refractivity contribution is 5.20. The number of allylic oxidation sites excluding steroid dienone is 1. The van der Waals surface area contributed by atoms with Crippen LogP contribution in [0.2, 0.25) is 0 Å². The van der Waals surface area contributed by atoms with Crippen LogP contribution in [0.3, 0.4) is 0 Å². The molecule has 9 atom stereocenters. The minimum Gasteiger partial charge on any atom is -0.0998 e. The number of rotatable bonds is 1. The molecular formula is C30H50. The smallest absolute Gasteiger partial charge is 0.0172 e. The van der Waals surface area contributed by atoms with E-state index in [1.54, 1.807) is 0 Å².